The molecule has 1 saturated carbocycles. The molecule has 0 aliphatic heterocycles. The van der Waals surface area contributed by atoms with E-state index in [2.05, 4.69) is 10.3 Å². The van der Waals surface area contributed by atoms with Crippen LogP contribution in [0.4, 0.5) is 10.1 Å². The van der Waals surface area contributed by atoms with Gasteiger partial charge in [-0.3, -0.25) is 4.79 Å². The highest BCUT2D eigenvalue weighted by molar-refractivity contribution is 7.15. The van der Waals surface area contributed by atoms with Crippen LogP contribution in [-0.4, -0.2) is 18.3 Å². The zero-order valence-electron chi connectivity index (χ0n) is 11.1. The van der Waals surface area contributed by atoms with Crippen LogP contribution in [0.3, 0.4) is 0 Å². The van der Waals surface area contributed by atoms with Crippen molar-refractivity contribution in [2.24, 2.45) is 0 Å². The SMILES string of the molecule is CNc1cc(F)c(-c2cnc(C3CCC3)s2)c(C=O)c1. The molecule has 0 bridgehead atoms. The number of aldehydes is 1. The number of carbonyl (C=O) groups is 1. The van der Waals surface area contributed by atoms with Crippen molar-refractivity contribution in [1.82, 2.24) is 4.98 Å². The van der Waals surface area contributed by atoms with Gasteiger partial charge < -0.3 is 5.32 Å². The van der Waals surface area contributed by atoms with Gasteiger partial charge in [0.25, 0.3) is 0 Å². The summed E-state index contributed by atoms with van der Waals surface area (Å²) in [6.07, 6.45) is 5.94. The molecule has 1 fully saturated rings. The highest BCUT2D eigenvalue weighted by Crippen LogP contribution is 2.41. The van der Waals surface area contributed by atoms with Gasteiger partial charge in [-0.1, -0.05) is 6.42 Å². The fourth-order valence-corrected chi connectivity index (χ4v) is 3.53. The quantitative estimate of drug-likeness (QED) is 0.863. The maximum atomic E-state index is 14.3. The summed E-state index contributed by atoms with van der Waals surface area (Å²) in [7, 11) is 1.70. The number of anilines is 1. The van der Waals surface area contributed by atoms with E-state index in [9.17, 15) is 9.18 Å². The average Bonchev–Trinajstić information content (AvgIpc) is 2.84. The van der Waals surface area contributed by atoms with Crippen molar-refractivity contribution in [1.29, 1.82) is 0 Å². The minimum atomic E-state index is -0.386. The van der Waals surface area contributed by atoms with E-state index < -0.39 is 0 Å². The van der Waals surface area contributed by atoms with Crippen molar-refractivity contribution in [2.45, 2.75) is 25.2 Å². The van der Waals surface area contributed by atoms with E-state index >= 15 is 0 Å². The first-order chi connectivity index (χ1) is 9.72. The molecule has 20 heavy (non-hydrogen) atoms. The Kier molecular flexibility index (Phi) is 3.53. The zero-order chi connectivity index (χ0) is 14.1. The maximum Gasteiger partial charge on any atom is 0.150 e. The Hall–Kier alpha value is -1.75. The van der Waals surface area contributed by atoms with Crippen LogP contribution in [0.25, 0.3) is 10.4 Å². The molecule has 0 atom stereocenters. The van der Waals surface area contributed by atoms with Crippen LogP contribution in [0, 0.1) is 5.82 Å². The van der Waals surface area contributed by atoms with Gasteiger partial charge in [0.15, 0.2) is 6.29 Å². The third kappa shape index (κ3) is 2.22. The van der Waals surface area contributed by atoms with E-state index in [4.69, 9.17) is 0 Å². The number of aromatic nitrogens is 1. The molecule has 1 aliphatic carbocycles. The van der Waals surface area contributed by atoms with Crippen molar-refractivity contribution in [2.75, 3.05) is 12.4 Å². The Balaban J connectivity index is 2.04. The van der Waals surface area contributed by atoms with Gasteiger partial charge in [0.1, 0.15) is 5.82 Å². The van der Waals surface area contributed by atoms with Crippen LogP contribution in [0.15, 0.2) is 18.3 Å². The first-order valence-electron chi connectivity index (χ1n) is 6.65. The fraction of sp³-hybridized carbons (Fsp3) is 0.333. The molecular formula is C15H15FN2OS. The van der Waals surface area contributed by atoms with Gasteiger partial charge in [-0.05, 0) is 25.0 Å². The Bertz CT molecular complexity index is 649. The second-order valence-electron chi connectivity index (χ2n) is 4.98. The van der Waals surface area contributed by atoms with E-state index in [1.807, 2.05) is 0 Å². The lowest BCUT2D eigenvalue weighted by atomic mass is 9.86. The lowest BCUT2D eigenvalue weighted by Crippen LogP contribution is -2.07. The molecule has 3 nitrogen and oxygen atoms in total. The molecule has 3 rings (SSSR count). The molecule has 1 aliphatic rings. The number of rotatable bonds is 4. The van der Waals surface area contributed by atoms with Crippen LogP contribution < -0.4 is 5.32 Å². The molecule has 2 aromatic rings. The number of carbonyl (C=O) groups excluding carboxylic acids is 1. The summed E-state index contributed by atoms with van der Waals surface area (Å²) < 4.78 is 14.3. The van der Waals surface area contributed by atoms with Crippen LogP contribution in [0.2, 0.25) is 0 Å². The van der Waals surface area contributed by atoms with E-state index in [1.54, 1.807) is 19.3 Å². The number of hydrogen-bond donors (Lipinski definition) is 1. The summed E-state index contributed by atoms with van der Waals surface area (Å²) in [6, 6.07) is 3.07. The van der Waals surface area contributed by atoms with Gasteiger partial charge in [-0.15, -0.1) is 11.3 Å². The first-order valence-corrected chi connectivity index (χ1v) is 7.47. The molecule has 104 valence electrons. The van der Waals surface area contributed by atoms with Gasteiger partial charge in [-0.25, -0.2) is 9.37 Å². The standard InChI is InChI=1S/C15H15FN2OS/c1-17-11-5-10(8-19)14(12(16)6-11)13-7-18-15(20-13)9-3-2-4-9/h5-9,17H,2-4H2,1H3. The fourth-order valence-electron chi connectivity index (χ4n) is 2.37. The number of halogens is 1. The second kappa shape index (κ2) is 5.32. The highest BCUT2D eigenvalue weighted by atomic mass is 32.1. The van der Waals surface area contributed by atoms with E-state index in [-0.39, 0.29) is 5.82 Å². The molecule has 0 radical (unpaired) electrons. The molecular weight excluding hydrogens is 275 g/mol. The summed E-state index contributed by atoms with van der Waals surface area (Å²) >= 11 is 1.50. The van der Waals surface area contributed by atoms with Crippen molar-refractivity contribution in [3.8, 4) is 10.4 Å². The number of thiazole rings is 1. The van der Waals surface area contributed by atoms with Crippen LogP contribution in [-0.2, 0) is 0 Å². The molecule has 0 amide bonds. The highest BCUT2D eigenvalue weighted by Gasteiger charge is 2.24. The molecule has 0 saturated heterocycles. The second-order valence-corrected chi connectivity index (χ2v) is 6.04. The molecule has 5 heteroatoms. The van der Waals surface area contributed by atoms with Gasteiger partial charge >= 0.3 is 0 Å². The van der Waals surface area contributed by atoms with Gasteiger partial charge in [0.2, 0.25) is 0 Å². The normalized spacial score (nSPS) is 14.9. The summed E-state index contributed by atoms with van der Waals surface area (Å²) in [5, 5.41) is 3.91. The third-order valence-electron chi connectivity index (χ3n) is 3.76. The number of nitrogens with one attached hydrogen (secondary N) is 1. The summed E-state index contributed by atoms with van der Waals surface area (Å²) in [5.41, 5.74) is 1.32. The summed E-state index contributed by atoms with van der Waals surface area (Å²) in [4.78, 5) is 16.3. The molecule has 1 aromatic carbocycles. The minimum absolute atomic E-state index is 0.359. The van der Waals surface area contributed by atoms with Crippen LogP contribution in [0.1, 0.15) is 40.5 Å². The number of hydrogen-bond acceptors (Lipinski definition) is 4. The van der Waals surface area contributed by atoms with E-state index in [1.165, 1.54) is 23.8 Å². The Morgan fingerprint density at radius 1 is 1.45 bits per heavy atom. The monoisotopic (exact) mass is 290 g/mol. The maximum absolute atomic E-state index is 14.3. The van der Waals surface area contributed by atoms with Crippen LogP contribution in [0.5, 0.6) is 0 Å². The van der Waals surface area contributed by atoms with Crippen molar-refractivity contribution in [3.05, 3.63) is 34.7 Å². The van der Waals surface area contributed by atoms with E-state index in [0.29, 0.717) is 29.0 Å². The largest absolute Gasteiger partial charge is 0.388 e. The lowest BCUT2D eigenvalue weighted by Gasteiger charge is -2.22. The van der Waals surface area contributed by atoms with Crippen molar-refractivity contribution in [3.63, 3.8) is 0 Å². The van der Waals surface area contributed by atoms with Gasteiger partial charge in [0.05, 0.1) is 9.88 Å². The van der Waals surface area contributed by atoms with E-state index in [0.717, 1.165) is 22.7 Å². The average molecular weight is 290 g/mol. The van der Waals surface area contributed by atoms with Crippen molar-refractivity contribution < 1.29 is 9.18 Å². The summed E-state index contributed by atoms with van der Waals surface area (Å²) in [5.74, 6) is 0.135. The zero-order valence-corrected chi connectivity index (χ0v) is 12.0. The minimum Gasteiger partial charge on any atom is -0.388 e. The molecule has 1 heterocycles. The summed E-state index contributed by atoms with van der Waals surface area (Å²) in [6.45, 7) is 0. The lowest BCUT2D eigenvalue weighted by molar-refractivity contribution is 0.112. The van der Waals surface area contributed by atoms with Gasteiger partial charge in [-0.2, -0.15) is 0 Å². The smallest absolute Gasteiger partial charge is 0.150 e. The Morgan fingerprint density at radius 2 is 2.25 bits per heavy atom. The Morgan fingerprint density at radius 3 is 2.85 bits per heavy atom. The molecule has 1 aromatic heterocycles. The topological polar surface area (TPSA) is 42.0 Å². The molecule has 1 N–H and O–H groups in total. The predicted molar refractivity (Wildman–Crippen MR) is 79.0 cm³/mol. The first kappa shape index (κ1) is 13.2. The molecule has 0 spiro atoms. The molecule has 0 unspecified atom stereocenters. The Labute approximate surface area is 120 Å². The van der Waals surface area contributed by atoms with Crippen molar-refractivity contribution >= 4 is 23.3 Å². The predicted octanol–water partition coefficient (Wildman–Crippen LogP) is 4.07. The van der Waals surface area contributed by atoms with Gasteiger partial charge in [0, 0.05) is 36.0 Å². The number of benzene rings is 1. The van der Waals surface area contributed by atoms with Crippen LogP contribution >= 0.6 is 11.3 Å². The third-order valence-corrected chi connectivity index (χ3v) is 4.94. The number of nitrogens with zero attached hydrogens (tertiary/aromatic N) is 1.